The van der Waals surface area contributed by atoms with Gasteiger partial charge in [0.15, 0.2) is 5.78 Å². The lowest BCUT2D eigenvalue weighted by molar-refractivity contribution is -0.138. The molecule has 0 bridgehead atoms. The van der Waals surface area contributed by atoms with Crippen molar-refractivity contribution in [2.24, 2.45) is 0 Å². The fourth-order valence-corrected chi connectivity index (χ4v) is 3.06. The highest BCUT2D eigenvalue weighted by atomic mass is 19.4. The first-order chi connectivity index (χ1) is 16.7. The molecule has 0 saturated heterocycles. The number of halogens is 6. The van der Waals surface area contributed by atoms with Crippen molar-refractivity contribution in [2.75, 3.05) is 14.1 Å². The van der Waals surface area contributed by atoms with Crippen LogP contribution in [-0.4, -0.2) is 49.3 Å². The lowest BCUT2D eigenvalue weighted by Crippen LogP contribution is -2.07. The second kappa shape index (κ2) is 9.84. The van der Waals surface area contributed by atoms with E-state index in [1.807, 2.05) is 0 Å². The average Bonchev–Trinajstić information content (AvgIpc) is 3.40. The van der Waals surface area contributed by atoms with E-state index in [1.54, 1.807) is 25.2 Å². The molecule has 0 aromatic carbocycles. The summed E-state index contributed by atoms with van der Waals surface area (Å²) in [5.74, 6) is -0.571. The monoisotopic (exact) mass is 511 g/mol. The van der Waals surface area contributed by atoms with Crippen LogP contribution in [0.3, 0.4) is 0 Å². The average molecular weight is 511 g/mol. The predicted octanol–water partition coefficient (Wildman–Crippen LogP) is 5.17. The van der Waals surface area contributed by atoms with Gasteiger partial charge in [-0.05, 0) is 24.3 Å². The molecule has 36 heavy (non-hydrogen) atoms. The van der Waals surface area contributed by atoms with Crippen LogP contribution in [0, 0.1) is 0 Å². The first kappa shape index (κ1) is 26.4. The van der Waals surface area contributed by atoms with Gasteiger partial charge in [0.1, 0.15) is 22.7 Å². The highest BCUT2D eigenvalue weighted by molar-refractivity contribution is 6.03. The molecule has 0 N–H and O–H groups in total. The minimum Gasteiger partial charge on any atom is -0.383 e. The Balaban J connectivity index is 0.000000205. The van der Waals surface area contributed by atoms with E-state index in [0.717, 1.165) is 24.3 Å². The normalized spacial score (nSPS) is 12.1. The molecule has 0 fully saturated rings. The number of Topliss-reactive ketones (excluding diaryl/α,β-unsaturated/α-hetero) is 1. The van der Waals surface area contributed by atoms with Crippen molar-refractivity contribution in [3.8, 4) is 0 Å². The third kappa shape index (κ3) is 5.90. The van der Waals surface area contributed by atoms with Gasteiger partial charge < -0.3 is 4.90 Å². The summed E-state index contributed by atoms with van der Waals surface area (Å²) in [7, 11) is 3.52. The summed E-state index contributed by atoms with van der Waals surface area (Å²) in [6.45, 7) is 1.33. The topological polar surface area (TPSA) is 72.0 Å². The van der Waals surface area contributed by atoms with Gasteiger partial charge >= 0.3 is 12.4 Å². The van der Waals surface area contributed by atoms with Crippen molar-refractivity contribution in [1.29, 1.82) is 0 Å². The molecule has 0 spiro atoms. The second-order valence-electron chi connectivity index (χ2n) is 7.77. The number of carbonyl (C=O) groups excluding carboxylic acids is 2. The number of hydrogen-bond donors (Lipinski definition) is 0. The van der Waals surface area contributed by atoms with E-state index in [2.05, 4.69) is 9.97 Å². The number of imidazole rings is 2. The summed E-state index contributed by atoms with van der Waals surface area (Å²) >= 11 is 0. The van der Waals surface area contributed by atoms with Crippen molar-refractivity contribution < 1.29 is 35.9 Å². The summed E-state index contributed by atoms with van der Waals surface area (Å²) in [6, 6.07) is 3.65. The van der Waals surface area contributed by atoms with Crippen LogP contribution in [-0.2, 0) is 12.4 Å². The molecular formula is C23H19F6N5O2. The molecule has 4 heterocycles. The number of pyridine rings is 2. The highest BCUT2D eigenvalue weighted by Gasteiger charge is 2.31. The van der Waals surface area contributed by atoms with Gasteiger partial charge in [-0.1, -0.05) is 0 Å². The van der Waals surface area contributed by atoms with Crippen LogP contribution in [0.25, 0.3) is 11.3 Å². The maximum atomic E-state index is 12.6. The Morgan fingerprint density at radius 2 is 1.28 bits per heavy atom. The van der Waals surface area contributed by atoms with Crippen molar-refractivity contribution in [1.82, 2.24) is 23.7 Å². The number of rotatable bonds is 4. The quantitative estimate of drug-likeness (QED) is 0.215. The van der Waals surface area contributed by atoms with E-state index >= 15 is 0 Å². The maximum absolute atomic E-state index is 12.6. The highest BCUT2D eigenvalue weighted by Crippen LogP contribution is 2.30. The standard InChI is InChI=1S/C13H12F3N3O.C10H7F3N2O/c1-18(2)5-4-11(20)10-8-17-12-7-9(13(14,15)16)3-6-19(10)12;1-6(16)8-5-14-9-4-7(10(11,12)13)2-3-15(8)9/h3-8H,1-2H3;2-5H,1H3/b5-4+;. The number of nitrogens with zero attached hydrogens (tertiary/aromatic N) is 5. The molecule has 0 aliphatic carbocycles. The van der Waals surface area contributed by atoms with Gasteiger partial charge in [-0.2, -0.15) is 26.3 Å². The molecule has 190 valence electrons. The number of ketones is 2. The molecule has 4 aromatic heterocycles. The molecule has 0 radical (unpaired) electrons. The van der Waals surface area contributed by atoms with Crippen molar-refractivity contribution in [3.63, 3.8) is 0 Å². The molecule has 13 heteroatoms. The summed E-state index contributed by atoms with van der Waals surface area (Å²) < 4.78 is 77.5. The molecule has 4 rings (SSSR count). The third-order valence-corrected chi connectivity index (χ3v) is 4.82. The van der Waals surface area contributed by atoms with Gasteiger partial charge in [-0.3, -0.25) is 18.4 Å². The predicted molar refractivity (Wildman–Crippen MR) is 118 cm³/mol. The number of alkyl halides is 6. The van der Waals surface area contributed by atoms with Crippen LogP contribution in [0.4, 0.5) is 26.3 Å². The van der Waals surface area contributed by atoms with Crippen molar-refractivity contribution in [3.05, 3.63) is 83.8 Å². The number of carbonyl (C=O) groups is 2. The zero-order chi connectivity index (χ0) is 26.8. The SMILES string of the molecule is CC(=O)c1cnc2cc(C(F)(F)F)ccn12.CN(C)/C=C/C(=O)c1cnc2cc(C(F)(F)F)ccn12. The van der Waals surface area contributed by atoms with Crippen LogP contribution in [0.1, 0.15) is 39.0 Å². The van der Waals surface area contributed by atoms with Crippen LogP contribution >= 0.6 is 0 Å². The minimum absolute atomic E-state index is 0.0847. The summed E-state index contributed by atoms with van der Waals surface area (Å²) in [6.07, 6.45) is -1.01. The fourth-order valence-electron chi connectivity index (χ4n) is 3.06. The Bertz CT molecular complexity index is 1450. The van der Waals surface area contributed by atoms with Gasteiger partial charge in [-0.15, -0.1) is 0 Å². The lowest BCUT2D eigenvalue weighted by atomic mass is 10.2. The van der Waals surface area contributed by atoms with Crippen molar-refractivity contribution in [2.45, 2.75) is 19.3 Å². The number of aromatic nitrogens is 4. The van der Waals surface area contributed by atoms with E-state index in [-0.39, 0.29) is 34.2 Å². The smallest absolute Gasteiger partial charge is 0.383 e. The van der Waals surface area contributed by atoms with Crippen LogP contribution in [0.2, 0.25) is 0 Å². The molecule has 7 nitrogen and oxygen atoms in total. The minimum atomic E-state index is -4.43. The number of hydrogen-bond acceptors (Lipinski definition) is 5. The van der Waals surface area contributed by atoms with Crippen LogP contribution in [0.5, 0.6) is 0 Å². The van der Waals surface area contributed by atoms with Gasteiger partial charge in [-0.25, -0.2) is 9.97 Å². The van der Waals surface area contributed by atoms with Crippen LogP contribution in [0.15, 0.2) is 61.3 Å². The zero-order valence-corrected chi connectivity index (χ0v) is 19.1. The molecule has 0 unspecified atom stereocenters. The van der Waals surface area contributed by atoms with E-state index in [0.29, 0.717) is 0 Å². The molecule has 0 saturated carbocycles. The summed E-state index contributed by atoms with van der Waals surface area (Å²) in [4.78, 5) is 32.3. The Morgan fingerprint density at radius 1 is 0.833 bits per heavy atom. The number of fused-ring (bicyclic) bond motifs is 2. The molecular weight excluding hydrogens is 492 g/mol. The fraction of sp³-hybridized carbons (Fsp3) is 0.217. The van der Waals surface area contributed by atoms with Gasteiger partial charge in [0.05, 0.1) is 23.5 Å². The Kier molecular flexibility index (Phi) is 7.22. The maximum Gasteiger partial charge on any atom is 0.416 e. The van der Waals surface area contributed by atoms with E-state index in [9.17, 15) is 35.9 Å². The van der Waals surface area contributed by atoms with Crippen molar-refractivity contribution >= 4 is 22.9 Å². The zero-order valence-electron chi connectivity index (χ0n) is 19.1. The van der Waals surface area contributed by atoms with Gasteiger partial charge in [0, 0.05) is 45.7 Å². The molecule has 0 aliphatic heterocycles. The molecule has 0 aliphatic rings. The second-order valence-corrected chi connectivity index (χ2v) is 7.77. The molecule has 4 aromatic rings. The summed E-state index contributed by atoms with van der Waals surface area (Å²) in [5, 5.41) is 0. The Morgan fingerprint density at radius 3 is 1.69 bits per heavy atom. The van der Waals surface area contributed by atoms with E-state index in [1.165, 1.54) is 46.6 Å². The first-order valence-corrected chi connectivity index (χ1v) is 10.2. The third-order valence-electron chi connectivity index (χ3n) is 4.82. The number of allylic oxidation sites excluding steroid dienone is 1. The van der Waals surface area contributed by atoms with Gasteiger partial charge in [0.25, 0.3) is 0 Å². The first-order valence-electron chi connectivity index (χ1n) is 10.2. The van der Waals surface area contributed by atoms with E-state index in [4.69, 9.17) is 0 Å². The Hall–Kier alpha value is -4.16. The largest absolute Gasteiger partial charge is 0.416 e. The van der Waals surface area contributed by atoms with Gasteiger partial charge in [0.2, 0.25) is 5.78 Å². The van der Waals surface area contributed by atoms with Crippen LogP contribution < -0.4 is 0 Å². The Labute approximate surface area is 200 Å². The lowest BCUT2D eigenvalue weighted by Gasteiger charge is -2.07. The molecule has 0 amide bonds. The summed E-state index contributed by atoms with van der Waals surface area (Å²) in [5.41, 5.74) is -0.892. The van der Waals surface area contributed by atoms with E-state index < -0.39 is 23.5 Å². The molecule has 0 atom stereocenters.